The summed E-state index contributed by atoms with van der Waals surface area (Å²) >= 11 is 0. The maximum absolute atomic E-state index is 6.21. The van der Waals surface area contributed by atoms with E-state index in [9.17, 15) is 0 Å². The fourth-order valence-electron chi connectivity index (χ4n) is 3.29. The Bertz CT molecular complexity index is 1140. The Morgan fingerprint density at radius 3 is 2.10 bits per heavy atom. The van der Waals surface area contributed by atoms with Crippen molar-refractivity contribution < 1.29 is 9.47 Å². The number of benzene rings is 3. The zero-order chi connectivity index (χ0) is 21.1. The quantitative estimate of drug-likeness (QED) is 0.364. The van der Waals surface area contributed by atoms with Gasteiger partial charge >= 0.3 is 0 Å². The molecule has 0 saturated heterocycles. The molecule has 0 N–H and O–H groups in total. The van der Waals surface area contributed by atoms with Gasteiger partial charge in [0.1, 0.15) is 17.2 Å². The first kappa shape index (κ1) is 19.8. The molecule has 1 aromatic heterocycles. The second-order valence-electron chi connectivity index (χ2n) is 7.48. The predicted molar refractivity (Wildman–Crippen MR) is 121 cm³/mol. The Kier molecular flexibility index (Phi) is 5.57. The number of rotatable bonds is 6. The van der Waals surface area contributed by atoms with Crippen LogP contribution < -0.4 is 9.47 Å². The topological polar surface area (TPSA) is 36.3 Å². The van der Waals surface area contributed by atoms with Crippen LogP contribution in [0.1, 0.15) is 23.6 Å². The zero-order valence-electron chi connectivity index (χ0n) is 17.8. The third-order valence-electron chi connectivity index (χ3n) is 4.94. The second-order valence-corrected chi connectivity index (χ2v) is 7.48. The van der Waals surface area contributed by atoms with Gasteiger partial charge in [-0.05, 0) is 63.1 Å². The van der Waals surface area contributed by atoms with Gasteiger partial charge in [0.25, 0.3) is 0 Å². The number of hydrogen-bond acceptors (Lipinski definition) is 3. The summed E-state index contributed by atoms with van der Waals surface area (Å²) in [5.74, 6) is 2.11. The Labute approximate surface area is 177 Å². The molecule has 4 heteroatoms. The summed E-state index contributed by atoms with van der Waals surface area (Å²) in [7, 11) is 0. The van der Waals surface area contributed by atoms with Gasteiger partial charge in [0, 0.05) is 6.20 Å². The van der Waals surface area contributed by atoms with Gasteiger partial charge in [-0.15, -0.1) is 5.10 Å². The first-order chi connectivity index (χ1) is 14.5. The molecule has 4 nitrogen and oxygen atoms in total. The minimum Gasteiger partial charge on any atom is -0.492 e. The predicted octanol–water partition coefficient (Wildman–Crippen LogP) is 6.66. The molecule has 0 aliphatic rings. The molecule has 0 spiro atoms. The van der Waals surface area contributed by atoms with E-state index in [1.54, 1.807) is 0 Å². The molecule has 0 fully saturated rings. The Morgan fingerprint density at radius 2 is 1.43 bits per heavy atom. The molecule has 0 aliphatic carbocycles. The van der Waals surface area contributed by atoms with Gasteiger partial charge in [0.2, 0.25) is 5.88 Å². The summed E-state index contributed by atoms with van der Waals surface area (Å²) in [6.07, 6.45) is 2.01. The van der Waals surface area contributed by atoms with Crippen LogP contribution in [-0.4, -0.2) is 16.4 Å². The largest absolute Gasteiger partial charge is 0.492 e. The highest BCUT2D eigenvalue weighted by atomic mass is 16.5. The molecule has 0 amide bonds. The number of hydrogen-bond donors (Lipinski definition) is 0. The summed E-state index contributed by atoms with van der Waals surface area (Å²) in [5, 5.41) is 4.80. The van der Waals surface area contributed by atoms with Crippen molar-refractivity contribution in [3.05, 3.63) is 89.6 Å². The van der Waals surface area contributed by atoms with E-state index in [0.29, 0.717) is 12.5 Å². The van der Waals surface area contributed by atoms with Crippen LogP contribution >= 0.6 is 0 Å². The van der Waals surface area contributed by atoms with Gasteiger partial charge in [-0.3, -0.25) is 0 Å². The van der Waals surface area contributed by atoms with Crippen molar-refractivity contribution in [3.8, 4) is 34.2 Å². The van der Waals surface area contributed by atoms with Crippen LogP contribution in [0, 0.1) is 20.8 Å². The molecule has 4 aromatic rings. The van der Waals surface area contributed by atoms with E-state index in [2.05, 4.69) is 51.1 Å². The van der Waals surface area contributed by atoms with Crippen LogP contribution in [-0.2, 0) is 0 Å². The van der Waals surface area contributed by atoms with Crippen molar-refractivity contribution in [2.75, 3.05) is 6.61 Å². The summed E-state index contributed by atoms with van der Waals surface area (Å²) in [5.41, 5.74) is 6.42. The lowest BCUT2D eigenvalue weighted by molar-refractivity contribution is 0.338. The molecule has 0 saturated carbocycles. The first-order valence-corrected chi connectivity index (χ1v) is 10.2. The molecular weight excluding hydrogens is 372 g/mol. The third kappa shape index (κ3) is 4.23. The van der Waals surface area contributed by atoms with Crippen molar-refractivity contribution >= 4 is 0 Å². The molecule has 0 atom stereocenters. The van der Waals surface area contributed by atoms with Crippen LogP contribution in [0.15, 0.2) is 72.9 Å². The highest BCUT2D eigenvalue weighted by Crippen LogP contribution is 2.35. The van der Waals surface area contributed by atoms with Gasteiger partial charge < -0.3 is 9.47 Å². The molecule has 1 heterocycles. The van der Waals surface area contributed by atoms with E-state index in [1.807, 2.05) is 54.2 Å². The van der Waals surface area contributed by atoms with E-state index in [-0.39, 0.29) is 0 Å². The molecule has 3 aromatic carbocycles. The van der Waals surface area contributed by atoms with Crippen LogP contribution in [0.3, 0.4) is 0 Å². The zero-order valence-corrected chi connectivity index (χ0v) is 17.8. The van der Waals surface area contributed by atoms with E-state index >= 15 is 0 Å². The van der Waals surface area contributed by atoms with Gasteiger partial charge in [-0.1, -0.05) is 53.6 Å². The van der Waals surface area contributed by atoms with Gasteiger partial charge in [0.05, 0.1) is 12.2 Å². The minimum absolute atomic E-state index is 0.562. The monoisotopic (exact) mass is 398 g/mol. The number of nitrogens with zero attached hydrogens (tertiary/aromatic N) is 2. The van der Waals surface area contributed by atoms with Crippen molar-refractivity contribution in [2.45, 2.75) is 27.7 Å². The second kappa shape index (κ2) is 8.46. The molecule has 0 aliphatic heterocycles. The van der Waals surface area contributed by atoms with E-state index in [1.165, 1.54) is 11.1 Å². The lowest BCUT2D eigenvalue weighted by Gasteiger charge is -2.11. The summed E-state index contributed by atoms with van der Waals surface area (Å²) in [4.78, 5) is 0. The van der Waals surface area contributed by atoms with Crippen molar-refractivity contribution in [1.29, 1.82) is 0 Å². The Morgan fingerprint density at radius 1 is 0.800 bits per heavy atom. The normalized spacial score (nSPS) is 10.8. The van der Waals surface area contributed by atoms with E-state index < -0.39 is 0 Å². The first-order valence-electron chi connectivity index (χ1n) is 10.2. The average molecular weight is 399 g/mol. The highest BCUT2D eigenvalue weighted by molar-refractivity contribution is 5.69. The SMILES string of the molecule is CCOc1ccc(C)cc1-n1cc(-c2ccc(C)cc2)c(Oc2ccc(C)cc2)n1. The lowest BCUT2D eigenvalue weighted by atomic mass is 10.1. The van der Waals surface area contributed by atoms with Crippen molar-refractivity contribution in [1.82, 2.24) is 9.78 Å². The fourth-order valence-corrected chi connectivity index (χ4v) is 3.29. The standard InChI is InChI=1S/C26H26N2O2/c1-5-29-25-15-10-20(4)16-24(25)28-17-23(21-11-6-18(2)7-12-21)26(27-28)30-22-13-8-19(3)9-14-22/h6-17H,5H2,1-4H3. The summed E-state index contributed by atoms with van der Waals surface area (Å²) in [6, 6.07) is 22.5. The lowest BCUT2D eigenvalue weighted by Crippen LogP contribution is -2.01. The summed E-state index contributed by atoms with van der Waals surface area (Å²) < 4.78 is 13.9. The smallest absolute Gasteiger partial charge is 0.246 e. The molecule has 0 bridgehead atoms. The fraction of sp³-hybridized carbons (Fsp3) is 0.192. The number of ether oxygens (including phenoxy) is 2. The van der Waals surface area contributed by atoms with Gasteiger partial charge in [-0.2, -0.15) is 0 Å². The average Bonchev–Trinajstić information content (AvgIpc) is 3.15. The van der Waals surface area contributed by atoms with E-state index in [4.69, 9.17) is 14.6 Å². The highest BCUT2D eigenvalue weighted by Gasteiger charge is 2.17. The molecule has 30 heavy (non-hydrogen) atoms. The van der Waals surface area contributed by atoms with Crippen LogP contribution in [0.25, 0.3) is 16.8 Å². The maximum Gasteiger partial charge on any atom is 0.246 e. The third-order valence-corrected chi connectivity index (χ3v) is 4.94. The van der Waals surface area contributed by atoms with Crippen LogP contribution in [0.4, 0.5) is 0 Å². The molecule has 0 unspecified atom stereocenters. The molecule has 0 radical (unpaired) electrons. The Hall–Kier alpha value is -3.53. The van der Waals surface area contributed by atoms with Gasteiger partial charge in [-0.25, -0.2) is 4.68 Å². The Balaban J connectivity index is 1.82. The van der Waals surface area contributed by atoms with Crippen LogP contribution in [0.2, 0.25) is 0 Å². The number of aryl methyl sites for hydroxylation is 3. The summed E-state index contributed by atoms with van der Waals surface area (Å²) in [6.45, 7) is 8.78. The number of aromatic nitrogens is 2. The van der Waals surface area contributed by atoms with E-state index in [0.717, 1.165) is 33.9 Å². The van der Waals surface area contributed by atoms with Gasteiger partial charge in [0.15, 0.2) is 0 Å². The van der Waals surface area contributed by atoms with Crippen molar-refractivity contribution in [3.63, 3.8) is 0 Å². The minimum atomic E-state index is 0.562. The molecular formula is C26H26N2O2. The molecule has 4 rings (SSSR count). The maximum atomic E-state index is 6.21. The molecule has 152 valence electrons. The van der Waals surface area contributed by atoms with Crippen LogP contribution in [0.5, 0.6) is 17.4 Å². The van der Waals surface area contributed by atoms with Crippen molar-refractivity contribution in [2.24, 2.45) is 0 Å².